The van der Waals surface area contributed by atoms with E-state index in [2.05, 4.69) is 4.74 Å². The quantitative estimate of drug-likeness (QED) is 0.621. The smallest absolute Gasteiger partial charge is 0.314 e. The number of carbonyl (C=O) groups excluding carboxylic acids is 2. The lowest BCUT2D eigenvalue weighted by molar-refractivity contribution is -0.163. The zero-order valence-electron chi connectivity index (χ0n) is 14.0. The molecule has 0 N–H and O–H groups in total. The van der Waals surface area contributed by atoms with Gasteiger partial charge in [-0.3, -0.25) is 9.59 Å². The number of methoxy groups -OCH3 is 2. The van der Waals surface area contributed by atoms with E-state index in [9.17, 15) is 9.59 Å². The Bertz CT molecular complexity index is 616. The summed E-state index contributed by atoms with van der Waals surface area (Å²) in [6.07, 6.45) is 1.88. The molecule has 0 atom stereocenters. The van der Waals surface area contributed by atoms with Gasteiger partial charge < -0.3 is 18.9 Å². The highest BCUT2D eigenvalue weighted by atomic mass is 16.6. The van der Waals surface area contributed by atoms with Crippen molar-refractivity contribution in [3.63, 3.8) is 0 Å². The predicted octanol–water partition coefficient (Wildman–Crippen LogP) is 2.29. The first-order chi connectivity index (χ1) is 11.6. The number of hydrogen-bond donors (Lipinski definition) is 0. The van der Waals surface area contributed by atoms with Crippen molar-refractivity contribution >= 4 is 11.9 Å². The molecule has 2 aliphatic heterocycles. The van der Waals surface area contributed by atoms with E-state index in [1.807, 2.05) is 18.2 Å². The monoisotopic (exact) mass is 334 g/mol. The summed E-state index contributed by atoms with van der Waals surface area (Å²) in [5, 5.41) is 0. The Morgan fingerprint density at radius 2 is 1.75 bits per heavy atom. The minimum Gasteiger partial charge on any atom is -0.496 e. The van der Waals surface area contributed by atoms with E-state index >= 15 is 0 Å². The van der Waals surface area contributed by atoms with Gasteiger partial charge in [0, 0.05) is 39.1 Å². The maximum absolute atomic E-state index is 11.6. The second-order valence-corrected chi connectivity index (χ2v) is 6.22. The van der Waals surface area contributed by atoms with E-state index in [0.29, 0.717) is 19.0 Å². The first-order valence-electron chi connectivity index (χ1n) is 8.13. The molecule has 0 unspecified atom stereocenters. The van der Waals surface area contributed by atoms with Crippen molar-refractivity contribution in [2.24, 2.45) is 0 Å². The first kappa shape index (κ1) is 16.9. The maximum atomic E-state index is 11.6. The Hall–Kier alpha value is -1.92. The molecule has 0 aromatic heterocycles. The summed E-state index contributed by atoms with van der Waals surface area (Å²) < 4.78 is 21.4. The zero-order chi connectivity index (χ0) is 17.2. The minimum absolute atomic E-state index is 0.175. The molecule has 130 valence electrons. The van der Waals surface area contributed by atoms with Crippen molar-refractivity contribution in [2.75, 3.05) is 27.4 Å². The highest BCUT2D eigenvalue weighted by Gasteiger charge is 2.36. The Labute approximate surface area is 141 Å². The summed E-state index contributed by atoms with van der Waals surface area (Å²) >= 11 is 0. The SMILES string of the molecule is COc1ccc(C2(OC)CCOCC2)cc1C1CC(=O)OC(=O)C1. The summed E-state index contributed by atoms with van der Waals surface area (Å²) in [6, 6.07) is 5.87. The second-order valence-electron chi connectivity index (χ2n) is 6.22. The number of hydrogen-bond acceptors (Lipinski definition) is 6. The molecule has 6 heteroatoms. The van der Waals surface area contributed by atoms with E-state index in [-0.39, 0.29) is 18.8 Å². The van der Waals surface area contributed by atoms with Crippen molar-refractivity contribution in [3.05, 3.63) is 29.3 Å². The van der Waals surface area contributed by atoms with Gasteiger partial charge >= 0.3 is 11.9 Å². The minimum atomic E-state index is -0.490. The molecule has 1 aromatic carbocycles. The van der Waals surface area contributed by atoms with E-state index < -0.39 is 17.5 Å². The standard InChI is InChI=1S/C18H22O6/c1-21-15-4-3-13(18(22-2)5-7-23-8-6-18)11-14(15)12-9-16(19)24-17(20)10-12/h3-4,11-12H,5-10H2,1-2H3. The van der Waals surface area contributed by atoms with Crippen LogP contribution in [0.1, 0.15) is 42.7 Å². The van der Waals surface area contributed by atoms with Crippen LogP contribution in [0.3, 0.4) is 0 Å². The van der Waals surface area contributed by atoms with Crippen LogP contribution >= 0.6 is 0 Å². The van der Waals surface area contributed by atoms with Crippen LogP contribution in [-0.2, 0) is 29.4 Å². The first-order valence-corrected chi connectivity index (χ1v) is 8.13. The molecule has 0 aliphatic carbocycles. The molecule has 0 spiro atoms. The molecular weight excluding hydrogens is 312 g/mol. The van der Waals surface area contributed by atoms with Gasteiger partial charge in [0.2, 0.25) is 0 Å². The van der Waals surface area contributed by atoms with Gasteiger partial charge in [-0.15, -0.1) is 0 Å². The third-order valence-corrected chi connectivity index (χ3v) is 4.94. The van der Waals surface area contributed by atoms with E-state index in [4.69, 9.17) is 14.2 Å². The molecule has 0 radical (unpaired) electrons. The highest BCUT2D eigenvalue weighted by Crippen LogP contribution is 2.41. The molecule has 2 aliphatic rings. The van der Waals surface area contributed by atoms with Crippen molar-refractivity contribution < 1.29 is 28.5 Å². The molecule has 0 amide bonds. The van der Waals surface area contributed by atoms with E-state index in [1.54, 1.807) is 14.2 Å². The molecule has 3 rings (SSSR count). The van der Waals surface area contributed by atoms with Crippen LogP contribution in [0, 0.1) is 0 Å². The molecule has 6 nitrogen and oxygen atoms in total. The van der Waals surface area contributed by atoms with Crippen LogP contribution in [0.5, 0.6) is 5.75 Å². The van der Waals surface area contributed by atoms with Crippen LogP contribution < -0.4 is 4.74 Å². The number of carbonyl (C=O) groups is 2. The molecule has 0 saturated carbocycles. The maximum Gasteiger partial charge on any atom is 0.314 e. The normalized spacial score (nSPS) is 21.4. The summed E-state index contributed by atoms with van der Waals surface area (Å²) in [5.74, 6) is -0.542. The number of rotatable bonds is 4. The van der Waals surface area contributed by atoms with Crippen molar-refractivity contribution in [2.45, 2.75) is 37.2 Å². The fraction of sp³-hybridized carbons (Fsp3) is 0.556. The highest BCUT2D eigenvalue weighted by molar-refractivity contribution is 5.89. The van der Waals surface area contributed by atoms with Crippen LogP contribution in [0.4, 0.5) is 0 Å². The van der Waals surface area contributed by atoms with Gasteiger partial charge in [-0.05, 0) is 23.3 Å². The van der Waals surface area contributed by atoms with Gasteiger partial charge in [-0.1, -0.05) is 6.07 Å². The summed E-state index contributed by atoms with van der Waals surface area (Å²) in [4.78, 5) is 23.3. The molecule has 2 saturated heterocycles. The van der Waals surface area contributed by atoms with E-state index in [0.717, 1.165) is 24.0 Å². The molecular formula is C18H22O6. The second kappa shape index (κ2) is 6.91. The van der Waals surface area contributed by atoms with Gasteiger partial charge in [0.05, 0.1) is 25.6 Å². The molecule has 1 aromatic rings. The average molecular weight is 334 g/mol. The number of ether oxygens (including phenoxy) is 4. The molecule has 0 bridgehead atoms. The van der Waals surface area contributed by atoms with Gasteiger partial charge in [-0.25, -0.2) is 0 Å². The number of benzene rings is 1. The summed E-state index contributed by atoms with van der Waals surface area (Å²) in [6.45, 7) is 1.28. The Morgan fingerprint density at radius 1 is 1.08 bits per heavy atom. The van der Waals surface area contributed by atoms with Gasteiger partial charge in [0.15, 0.2) is 0 Å². The van der Waals surface area contributed by atoms with Gasteiger partial charge in [0.1, 0.15) is 5.75 Å². The fourth-order valence-corrected chi connectivity index (χ4v) is 3.55. The van der Waals surface area contributed by atoms with Crippen molar-refractivity contribution in [1.82, 2.24) is 0 Å². The van der Waals surface area contributed by atoms with Gasteiger partial charge in [-0.2, -0.15) is 0 Å². The Kier molecular flexibility index (Phi) is 4.87. The molecule has 2 fully saturated rings. The third kappa shape index (κ3) is 3.16. The number of esters is 2. The Balaban J connectivity index is 1.99. The predicted molar refractivity (Wildman–Crippen MR) is 84.8 cm³/mol. The fourth-order valence-electron chi connectivity index (χ4n) is 3.55. The van der Waals surface area contributed by atoms with Crippen LogP contribution in [0.25, 0.3) is 0 Å². The Morgan fingerprint density at radius 3 is 2.33 bits per heavy atom. The average Bonchev–Trinajstić information content (AvgIpc) is 2.61. The van der Waals surface area contributed by atoms with Gasteiger partial charge in [0.25, 0.3) is 0 Å². The van der Waals surface area contributed by atoms with Crippen LogP contribution in [0.2, 0.25) is 0 Å². The lowest BCUT2D eigenvalue weighted by Crippen LogP contribution is -2.35. The largest absolute Gasteiger partial charge is 0.496 e. The lowest BCUT2D eigenvalue weighted by atomic mass is 9.82. The third-order valence-electron chi connectivity index (χ3n) is 4.94. The number of cyclic esters (lactones) is 2. The molecule has 2 heterocycles. The van der Waals surface area contributed by atoms with Crippen LogP contribution in [0.15, 0.2) is 18.2 Å². The summed E-state index contributed by atoms with van der Waals surface area (Å²) in [7, 11) is 3.29. The molecule has 24 heavy (non-hydrogen) atoms. The van der Waals surface area contributed by atoms with Crippen LogP contribution in [-0.4, -0.2) is 39.4 Å². The van der Waals surface area contributed by atoms with E-state index in [1.165, 1.54) is 0 Å². The summed E-state index contributed by atoms with van der Waals surface area (Å²) in [5.41, 5.74) is 1.47. The lowest BCUT2D eigenvalue weighted by Gasteiger charge is -2.37. The van der Waals surface area contributed by atoms with Crippen molar-refractivity contribution in [3.8, 4) is 5.75 Å². The topological polar surface area (TPSA) is 71.1 Å². The van der Waals surface area contributed by atoms with Crippen molar-refractivity contribution in [1.29, 1.82) is 0 Å². The zero-order valence-corrected chi connectivity index (χ0v) is 14.0.